The van der Waals surface area contributed by atoms with E-state index in [2.05, 4.69) is 49.1 Å². The molecular formula is C16H27NO. The van der Waals surface area contributed by atoms with Gasteiger partial charge in [-0.2, -0.15) is 0 Å². The molecule has 1 aromatic rings. The van der Waals surface area contributed by atoms with Gasteiger partial charge in [0.2, 0.25) is 0 Å². The maximum Gasteiger partial charge on any atom is 0.0443 e. The SMILES string of the molecule is CC(C)N(CCCO)CCCCc1ccccc1. The summed E-state index contributed by atoms with van der Waals surface area (Å²) in [5.74, 6) is 0. The summed E-state index contributed by atoms with van der Waals surface area (Å²) in [6.45, 7) is 6.92. The minimum Gasteiger partial charge on any atom is -0.396 e. The molecule has 0 atom stereocenters. The number of nitrogens with zero attached hydrogens (tertiary/aromatic N) is 1. The van der Waals surface area contributed by atoms with Gasteiger partial charge in [0.1, 0.15) is 0 Å². The van der Waals surface area contributed by atoms with Gasteiger partial charge in [-0.15, -0.1) is 0 Å². The van der Waals surface area contributed by atoms with E-state index in [-0.39, 0.29) is 0 Å². The molecule has 0 bridgehead atoms. The predicted molar refractivity (Wildman–Crippen MR) is 77.8 cm³/mol. The molecule has 2 nitrogen and oxygen atoms in total. The van der Waals surface area contributed by atoms with Crippen molar-refractivity contribution < 1.29 is 5.11 Å². The second kappa shape index (κ2) is 9.12. The Kier molecular flexibility index (Phi) is 7.70. The van der Waals surface area contributed by atoms with Gasteiger partial charge in [0.25, 0.3) is 0 Å². The second-order valence-electron chi connectivity index (χ2n) is 5.15. The van der Waals surface area contributed by atoms with Crippen LogP contribution in [0.3, 0.4) is 0 Å². The summed E-state index contributed by atoms with van der Waals surface area (Å²) < 4.78 is 0. The lowest BCUT2D eigenvalue weighted by molar-refractivity contribution is 0.189. The minimum absolute atomic E-state index is 0.299. The molecule has 0 aliphatic heterocycles. The van der Waals surface area contributed by atoms with Gasteiger partial charge < -0.3 is 10.0 Å². The number of hydrogen-bond acceptors (Lipinski definition) is 2. The summed E-state index contributed by atoms with van der Waals surface area (Å²) >= 11 is 0. The van der Waals surface area contributed by atoms with Crippen molar-refractivity contribution in [2.45, 2.75) is 45.6 Å². The highest BCUT2D eigenvalue weighted by atomic mass is 16.3. The van der Waals surface area contributed by atoms with Crippen molar-refractivity contribution in [2.24, 2.45) is 0 Å². The Bertz CT molecular complexity index is 297. The van der Waals surface area contributed by atoms with Crippen molar-refractivity contribution in [1.82, 2.24) is 4.90 Å². The molecule has 0 radical (unpaired) electrons. The van der Waals surface area contributed by atoms with Gasteiger partial charge in [-0.05, 0) is 51.6 Å². The Balaban J connectivity index is 2.18. The first-order chi connectivity index (χ1) is 8.74. The molecule has 0 saturated carbocycles. The van der Waals surface area contributed by atoms with E-state index < -0.39 is 0 Å². The number of aliphatic hydroxyl groups is 1. The van der Waals surface area contributed by atoms with Crippen molar-refractivity contribution in [3.8, 4) is 0 Å². The predicted octanol–water partition coefficient (Wildman–Crippen LogP) is 3.10. The summed E-state index contributed by atoms with van der Waals surface area (Å²) in [7, 11) is 0. The van der Waals surface area contributed by atoms with Crippen LogP contribution in [0.5, 0.6) is 0 Å². The molecule has 0 aliphatic rings. The third kappa shape index (κ3) is 6.18. The molecule has 0 spiro atoms. The van der Waals surface area contributed by atoms with Gasteiger partial charge in [-0.1, -0.05) is 30.3 Å². The fourth-order valence-electron chi connectivity index (χ4n) is 2.19. The Hall–Kier alpha value is -0.860. The highest BCUT2D eigenvalue weighted by Gasteiger charge is 2.07. The van der Waals surface area contributed by atoms with E-state index in [1.54, 1.807) is 0 Å². The standard InChI is InChI=1S/C16H27NO/c1-15(2)17(13-8-14-18)12-7-6-11-16-9-4-3-5-10-16/h3-5,9-10,15,18H,6-8,11-14H2,1-2H3. The number of aliphatic hydroxyl groups excluding tert-OH is 1. The molecule has 0 amide bonds. The highest BCUT2D eigenvalue weighted by molar-refractivity contribution is 5.14. The maximum atomic E-state index is 8.89. The van der Waals surface area contributed by atoms with Crippen molar-refractivity contribution >= 4 is 0 Å². The number of aryl methyl sites for hydroxylation is 1. The normalized spacial score (nSPS) is 11.4. The fraction of sp³-hybridized carbons (Fsp3) is 0.625. The van der Waals surface area contributed by atoms with Gasteiger partial charge in [-0.25, -0.2) is 0 Å². The van der Waals surface area contributed by atoms with E-state index in [1.165, 1.54) is 24.8 Å². The maximum absolute atomic E-state index is 8.89. The molecular weight excluding hydrogens is 222 g/mol. The van der Waals surface area contributed by atoms with Crippen LogP contribution in [0.2, 0.25) is 0 Å². The highest BCUT2D eigenvalue weighted by Crippen LogP contribution is 2.07. The Morgan fingerprint density at radius 3 is 2.28 bits per heavy atom. The smallest absolute Gasteiger partial charge is 0.0443 e. The largest absolute Gasteiger partial charge is 0.396 e. The summed E-state index contributed by atoms with van der Waals surface area (Å²) in [6, 6.07) is 11.3. The lowest BCUT2D eigenvalue weighted by Gasteiger charge is -2.26. The summed E-state index contributed by atoms with van der Waals surface area (Å²) in [4.78, 5) is 2.46. The third-order valence-corrected chi connectivity index (χ3v) is 3.34. The summed E-state index contributed by atoms with van der Waals surface area (Å²) in [5, 5.41) is 8.89. The summed E-state index contributed by atoms with van der Waals surface area (Å²) in [6.07, 6.45) is 4.54. The van der Waals surface area contributed by atoms with Crippen LogP contribution in [0, 0.1) is 0 Å². The molecule has 0 heterocycles. The van der Waals surface area contributed by atoms with Crippen LogP contribution in [0.4, 0.5) is 0 Å². The van der Waals surface area contributed by atoms with E-state index in [9.17, 15) is 0 Å². The second-order valence-corrected chi connectivity index (χ2v) is 5.15. The lowest BCUT2D eigenvalue weighted by Crippen LogP contribution is -2.33. The van der Waals surface area contributed by atoms with Crippen LogP contribution in [0.25, 0.3) is 0 Å². The van der Waals surface area contributed by atoms with E-state index >= 15 is 0 Å². The van der Waals surface area contributed by atoms with Gasteiger partial charge in [0, 0.05) is 19.2 Å². The summed E-state index contributed by atoms with van der Waals surface area (Å²) in [5.41, 5.74) is 1.43. The average Bonchev–Trinajstić information content (AvgIpc) is 2.38. The van der Waals surface area contributed by atoms with Gasteiger partial charge >= 0.3 is 0 Å². The van der Waals surface area contributed by atoms with Crippen LogP contribution in [0.15, 0.2) is 30.3 Å². The number of rotatable bonds is 9. The zero-order chi connectivity index (χ0) is 13.2. The Morgan fingerprint density at radius 2 is 1.67 bits per heavy atom. The quantitative estimate of drug-likeness (QED) is 0.680. The van der Waals surface area contributed by atoms with E-state index in [0.717, 1.165) is 19.5 Å². The third-order valence-electron chi connectivity index (χ3n) is 3.34. The molecule has 1 rings (SSSR count). The average molecular weight is 249 g/mol. The van der Waals surface area contributed by atoms with Gasteiger partial charge in [-0.3, -0.25) is 0 Å². The molecule has 0 aromatic heterocycles. The molecule has 1 aromatic carbocycles. The minimum atomic E-state index is 0.299. The molecule has 102 valence electrons. The molecule has 0 unspecified atom stereocenters. The molecule has 1 N–H and O–H groups in total. The van der Waals surface area contributed by atoms with Crippen LogP contribution in [-0.4, -0.2) is 35.7 Å². The van der Waals surface area contributed by atoms with Crippen LogP contribution < -0.4 is 0 Å². The van der Waals surface area contributed by atoms with Crippen LogP contribution in [0.1, 0.15) is 38.7 Å². The Labute approximate surface area is 112 Å². The van der Waals surface area contributed by atoms with E-state index in [4.69, 9.17) is 5.11 Å². The molecule has 0 aliphatic carbocycles. The number of hydrogen-bond donors (Lipinski definition) is 1. The zero-order valence-electron chi connectivity index (χ0n) is 11.8. The van der Waals surface area contributed by atoms with E-state index in [1.807, 2.05) is 0 Å². The van der Waals surface area contributed by atoms with Gasteiger partial charge in [0.05, 0.1) is 0 Å². The first-order valence-corrected chi connectivity index (χ1v) is 7.13. The first-order valence-electron chi connectivity index (χ1n) is 7.13. The van der Waals surface area contributed by atoms with Crippen molar-refractivity contribution in [3.63, 3.8) is 0 Å². The van der Waals surface area contributed by atoms with Gasteiger partial charge in [0.15, 0.2) is 0 Å². The molecule has 2 heteroatoms. The topological polar surface area (TPSA) is 23.5 Å². The van der Waals surface area contributed by atoms with E-state index in [0.29, 0.717) is 12.6 Å². The first kappa shape index (κ1) is 15.2. The molecule has 0 saturated heterocycles. The van der Waals surface area contributed by atoms with Crippen molar-refractivity contribution in [2.75, 3.05) is 19.7 Å². The van der Waals surface area contributed by atoms with Crippen LogP contribution in [-0.2, 0) is 6.42 Å². The number of unbranched alkanes of at least 4 members (excludes halogenated alkanes) is 1. The lowest BCUT2D eigenvalue weighted by atomic mass is 10.1. The zero-order valence-corrected chi connectivity index (χ0v) is 11.8. The molecule has 0 fully saturated rings. The molecule has 18 heavy (non-hydrogen) atoms. The Morgan fingerprint density at radius 1 is 1.00 bits per heavy atom. The number of benzene rings is 1. The fourth-order valence-corrected chi connectivity index (χ4v) is 2.19. The van der Waals surface area contributed by atoms with Crippen molar-refractivity contribution in [3.05, 3.63) is 35.9 Å². The van der Waals surface area contributed by atoms with Crippen molar-refractivity contribution in [1.29, 1.82) is 0 Å². The van der Waals surface area contributed by atoms with Crippen LogP contribution >= 0.6 is 0 Å². The monoisotopic (exact) mass is 249 g/mol.